The van der Waals surface area contributed by atoms with Crippen LogP contribution in [0.3, 0.4) is 0 Å². The fourth-order valence-corrected chi connectivity index (χ4v) is 4.21. The molecule has 5 rings (SSSR count). The molecule has 6 nitrogen and oxygen atoms in total. The van der Waals surface area contributed by atoms with Crippen LogP contribution in [-0.2, 0) is 0 Å². The highest BCUT2D eigenvalue weighted by Crippen LogP contribution is 2.36. The zero-order chi connectivity index (χ0) is 27.2. The van der Waals surface area contributed by atoms with Crippen LogP contribution in [0, 0.1) is 0 Å². The highest BCUT2D eigenvalue weighted by atomic mass is 16.5. The fraction of sp³-hybridized carbons (Fsp3) is 0.0909. The number of carbonyl (C=O) groups excluding carboxylic acids is 2. The van der Waals surface area contributed by atoms with Crippen molar-refractivity contribution < 1.29 is 28.2 Å². The molecule has 0 saturated carbocycles. The molecule has 1 heterocycles. The van der Waals surface area contributed by atoms with Gasteiger partial charge in [0.2, 0.25) is 0 Å². The first kappa shape index (κ1) is 25.5. The number of ether oxygens (including phenoxy) is 3. The van der Waals surface area contributed by atoms with Crippen LogP contribution >= 0.6 is 0 Å². The minimum absolute atomic E-state index is 0.182. The number of hydrogen-bond donors (Lipinski definition) is 0. The van der Waals surface area contributed by atoms with Gasteiger partial charge in [0.25, 0.3) is 0 Å². The normalized spacial score (nSPS) is 11.0. The van der Waals surface area contributed by atoms with Crippen molar-refractivity contribution in [2.75, 3.05) is 13.7 Å². The van der Waals surface area contributed by atoms with Crippen LogP contribution < -0.4 is 14.2 Å². The van der Waals surface area contributed by atoms with Gasteiger partial charge in [-0.05, 0) is 67.6 Å². The Kier molecular flexibility index (Phi) is 7.55. The molecule has 39 heavy (non-hydrogen) atoms. The van der Waals surface area contributed by atoms with Gasteiger partial charge < -0.3 is 18.6 Å². The van der Waals surface area contributed by atoms with E-state index in [1.54, 1.807) is 55.7 Å². The van der Waals surface area contributed by atoms with Crippen molar-refractivity contribution in [3.8, 4) is 28.6 Å². The molecule has 0 amide bonds. The predicted molar refractivity (Wildman–Crippen MR) is 151 cm³/mol. The molecule has 0 radical (unpaired) electrons. The maximum Gasteiger partial charge on any atom is 0.348 e. The molecule has 0 saturated heterocycles. The number of hydrogen-bond acceptors (Lipinski definition) is 6. The number of rotatable bonds is 9. The lowest BCUT2D eigenvalue weighted by Crippen LogP contribution is -2.09. The van der Waals surface area contributed by atoms with Crippen LogP contribution in [0.25, 0.3) is 28.4 Å². The third kappa shape index (κ3) is 5.60. The number of benzene rings is 4. The van der Waals surface area contributed by atoms with Crippen molar-refractivity contribution in [2.45, 2.75) is 6.92 Å². The second-order valence-electron chi connectivity index (χ2n) is 8.62. The molecule has 0 atom stereocenters. The summed E-state index contributed by atoms with van der Waals surface area (Å²) in [7, 11) is 1.56. The number of furan rings is 1. The first-order valence-electron chi connectivity index (χ1n) is 12.5. The Hall–Kier alpha value is -5.10. The average molecular weight is 519 g/mol. The van der Waals surface area contributed by atoms with Crippen molar-refractivity contribution >= 4 is 28.8 Å². The van der Waals surface area contributed by atoms with E-state index in [1.807, 2.05) is 61.5 Å². The third-order valence-electron chi connectivity index (χ3n) is 6.12. The number of methoxy groups -OCH3 is 1. The van der Waals surface area contributed by atoms with Crippen LogP contribution in [0.4, 0.5) is 0 Å². The molecular formula is C33H26O6. The molecule has 6 heteroatoms. The van der Waals surface area contributed by atoms with E-state index in [9.17, 15) is 9.59 Å². The van der Waals surface area contributed by atoms with E-state index in [4.69, 9.17) is 18.6 Å². The first-order chi connectivity index (χ1) is 19.1. The Morgan fingerprint density at radius 2 is 1.56 bits per heavy atom. The van der Waals surface area contributed by atoms with Gasteiger partial charge in [-0.2, -0.15) is 0 Å². The molecule has 0 spiro atoms. The lowest BCUT2D eigenvalue weighted by molar-refractivity contribution is 0.0737. The SMILES string of the molecule is CCOc1ccccc1C=CC(=O)c1ccc(OC(=O)c2c(-c3ccccc3)oc3ccc(OC)cc23)cc1. The summed E-state index contributed by atoms with van der Waals surface area (Å²) in [5.41, 5.74) is 2.87. The van der Waals surface area contributed by atoms with Gasteiger partial charge in [0.05, 0.1) is 13.7 Å². The summed E-state index contributed by atoms with van der Waals surface area (Å²) in [5.74, 6) is 1.26. The molecule has 0 fully saturated rings. The lowest BCUT2D eigenvalue weighted by Gasteiger charge is -2.07. The van der Waals surface area contributed by atoms with Gasteiger partial charge in [-0.25, -0.2) is 4.79 Å². The minimum Gasteiger partial charge on any atom is -0.497 e. The summed E-state index contributed by atoms with van der Waals surface area (Å²) in [6, 6.07) is 28.6. The van der Waals surface area contributed by atoms with E-state index >= 15 is 0 Å². The van der Waals surface area contributed by atoms with Gasteiger partial charge in [-0.1, -0.05) is 48.5 Å². The van der Waals surface area contributed by atoms with Crippen molar-refractivity contribution in [1.29, 1.82) is 0 Å². The van der Waals surface area contributed by atoms with Crippen molar-refractivity contribution in [3.63, 3.8) is 0 Å². The Labute approximate surface area is 226 Å². The predicted octanol–water partition coefficient (Wildman–Crippen LogP) is 7.62. The van der Waals surface area contributed by atoms with Crippen LogP contribution in [0.1, 0.15) is 33.2 Å². The van der Waals surface area contributed by atoms with E-state index < -0.39 is 5.97 Å². The van der Waals surface area contributed by atoms with Gasteiger partial charge in [-0.3, -0.25) is 4.79 Å². The van der Waals surface area contributed by atoms with Gasteiger partial charge >= 0.3 is 5.97 Å². The van der Waals surface area contributed by atoms with E-state index in [0.717, 1.165) is 11.1 Å². The smallest absolute Gasteiger partial charge is 0.348 e. The summed E-state index contributed by atoms with van der Waals surface area (Å²) in [4.78, 5) is 26.2. The van der Waals surface area contributed by atoms with Crippen LogP contribution in [0.15, 0.2) is 108 Å². The van der Waals surface area contributed by atoms with Crippen molar-refractivity contribution in [1.82, 2.24) is 0 Å². The van der Waals surface area contributed by atoms with E-state index in [0.29, 0.717) is 51.7 Å². The number of carbonyl (C=O) groups is 2. The lowest BCUT2D eigenvalue weighted by atomic mass is 10.1. The number of para-hydroxylation sites is 1. The van der Waals surface area contributed by atoms with Crippen molar-refractivity contribution in [2.24, 2.45) is 0 Å². The zero-order valence-electron chi connectivity index (χ0n) is 21.5. The zero-order valence-corrected chi connectivity index (χ0v) is 21.5. The number of ketones is 1. The molecule has 0 aliphatic carbocycles. The molecule has 0 aliphatic rings. The highest BCUT2D eigenvalue weighted by molar-refractivity contribution is 6.10. The summed E-state index contributed by atoms with van der Waals surface area (Å²) in [5, 5.41) is 0.586. The summed E-state index contributed by atoms with van der Waals surface area (Å²) < 4.78 is 22.8. The average Bonchev–Trinajstić information content (AvgIpc) is 3.36. The molecule has 0 bridgehead atoms. The Morgan fingerprint density at radius 3 is 2.31 bits per heavy atom. The summed E-state index contributed by atoms with van der Waals surface area (Å²) in [6.07, 6.45) is 3.22. The largest absolute Gasteiger partial charge is 0.497 e. The maximum absolute atomic E-state index is 13.4. The fourth-order valence-electron chi connectivity index (χ4n) is 4.21. The van der Waals surface area contributed by atoms with Gasteiger partial charge in [-0.15, -0.1) is 0 Å². The molecule has 5 aromatic rings. The van der Waals surface area contributed by atoms with Crippen LogP contribution in [-0.4, -0.2) is 25.5 Å². The highest BCUT2D eigenvalue weighted by Gasteiger charge is 2.24. The molecule has 0 unspecified atom stereocenters. The van der Waals surface area contributed by atoms with Gasteiger partial charge in [0.15, 0.2) is 5.78 Å². The van der Waals surface area contributed by atoms with E-state index in [-0.39, 0.29) is 5.78 Å². The van der Waals surface area contributed by atoms with Gasteiger partial charge in [0, 0.05) is 22.1 Å². The quantitative estimate of drug-likeness (QED) is 0.0865. The Bertz CT molecular complexity index is 1650. The monoisotopic (exact) mass is 518 g/mol. The summed E-state index contributed by atoms with van der Waals surface area (Å²) in [6.45, 7) is 2.45. The molecule has 4 aromatic carbocycles. The van der Waals surface area contributed by atoms with Crippen molar-refractivity contribution in [3.05, 3.63) is 120 Å². The molecular weight excluding hydrogens is 492 g/mol. The Morgan fingerprint density at radius 1 is 0.846 bits per heavy atom. The standard InChI is InChI=1S/C33H26O6/c1-3-37-29-12-8-7-9-23(29)15-19-28(34)22-13-16-25(17-14-22)38-33(35)31-27-21-26(36-2)18-20-30(27)39-32(31)24-10-5-4-6-11-24/h4-21H,3H2,1-2H3. The van der Waals surface area contributed by atoms with E-state index in [2.05, 4.69) is 0 Å². The van der Waals surface area contributed by atoms with Crippen LogP contribution in [0.2, 0.25) is 0 Å². The summed E-state index contributed by atoms with van der Waals surface area (Å²) >= 11 is 0. The second kappa shape index (κ2) is 11.5. The molecule has 0 aliphatic heterocycles. The Balaban J connectivity index is 1.38. The topological polar surface area (TPSA) is 75.0 Å². The maximum atomic E-state index is 13.4. The van der Waals surface area contributed by atoms with E-state index in [1.165, 1.54) is 6.08 Å². The first-order valence-corrected chi connectivity index (χ1v) is 12.5. The molecule has 1 aromatic heterocycles. The number of allylic oxidation sites excluding steroid dienone is 1. The number of esters is 1. The van der Waals surface area contributed by atoms with Gasteiger partial charge in [0.1, 0.15) is 34.2 Å². The number of fused-ring (bicyclic) bond motifs is 1. The third-order valence-corrected chi connectivity index (χ3v) is 6.12. The molecule has 194 valence electrons. The minimum atomic E-state index is -0.577. The van der Waals surface area contributed by atoms with Crippen LogP contribution in [0.5, 0.6) is 17.2 Å². The second-order valence-corrected chi connectivity index (χ2v) is 8.62. The molecule has 0 N–H and O–H groups in total.